The predicted molar refractivity (Wildman–Crippen MR) is 81.3 cm³/mol. The van der Waals surface area contributed by atoms with Crippen LogP contribution in [-0.2, 0) is 0 Å². The van der Waals surface area contributed by atoms with E-state index in [0.29, 0.717) is 10.0 Å². The van der Waals surface area contributed by atoms with Gasteiger partial charge in [0.2, 0.25) is 0 Å². The summed E-state index contributed by atoms with van der Waals surface area (Å²) in [5.41, 5.74) is 0.422. The zero-order valence-corrected chi connectivity index (χ0v) is 12.7. The topological polar surface area (TPSA) is 41.1 Å². The summed E-state index contributed by atoms with van der Waals surface area (Å²) in [5, 5.41) is 5.30. The summed E-state index contributed by atoms with van der Waals surface area (Å²) in [6.45, 7) is 1.85. The van der Waals surface area contributed by atoms with Crippen molar-refractivity contribution in [2.75, 3.05) is 5.32 Å². The lowest BCUT2D eigenvalue weighted by molar-refractivity contribution is 0.249. The minimum Gasteiger partial charge on any atom is -0.331 e. The van der Waals surface area contributed by atoms with E-state index < -0.39 is 11.8 Å². The van der Waals surface area contributed by atoms with Gasteiger partial charge in [0.05, 0.1) is 15.4 Å². The van der Waals surface area contributed by atoms with Crippen LogP contribution in [0.2, 0.25) is 9.36 Å². The molecule has 106 valence electrons. The van der Waals surface area contributed by atoms with Crippen LogP contribution in [0, 0.1) is 5.82 Å². The van der Waals surface area contributed by atoms with Gasteiger partial charge in [-0.1, -0.05) is 23.2 Å². The number of urea groups is 1. The fourth-order valence-corrected chi connectivity index (χ4v) is 2.81. The van der Waals surface area contributed by atoms with Gasteiger partial charge in [-0.15, -0.1) is 11.3 Å². The molecule has 1 heterocycles. The monoisotopic (exact) mass is 332 g/mol. The molecule has 1 unspecified atom stereocenters. The molecule has 0 bridgehead atoms. The number of hydrogen-bond donors (Lipinski definition) is 2. The fourth-order valence-electron chi connectivity index (χ4n) is 1.57. The number of amides is 2. The van der Waals surface area contributed by atoms with Crippen LogP contribution in [0.25, 0.3) is 0 Å². The van der Waals surface area contributed by atoms with Crippen LogP contribution in [0.1, 0.15) is 17.8 Å². The second kappa shape index (κ2) is 6.43. The van der Waals surface area contributed by atoms with Gasteiger partial charge in [0.15, 0.2) is 0 Å². The largest absolute Gasteiger partial charge is 0.331 e. The molecule has 2 N–H and O–H groups in total. The lowest BCUT2D eigenvalue weighted by Crippen LogP contribution is -2.30. The third-order valence-electron chi connectivity index (χ3n) is 2.55. The fraction of sp³-hybridized carbons (Fsp3) is 0.154. The second-order valence-corrected chi connectivity index (χ2v) is 6.24. The smallest absolute Gasteiger partial charge is 0.319 e. The van der Waals surface area contributed by atoms with Gasteiger partial charge in [-0.3, -0.25) is 0 Å². The Morgan fingerprint density at radius 1 is 1.30 bits per heavy atom. The molecule has 0 fully saturated rings. The van der Waals surface area contributed by atoms with E-state index in [0.717, 1.165) is 4.88 Å². The van der Waals surface area contributed by atoms with Crippen molar-refractivity contribution in [3.8, 4) is 0 Å². The third kappa shape index (κ3) is 3.85. The summed E-state index contributed by atoms with van der Waals surface area (Å²) < 4.78 is 13.7. The number of hydrogen-bond acceptors (Lipinski definition) is 2. The summed E-state index contributed by atoms with van der Waals surface area (Å²) >= 11 is 12.9. The zero-order chi connectivity index (χ0) is 14.7. The van der Waals surface area contributed by atoms with Crippen LogP contribution in [0.15, 0.2) is 30.3 Å². The van der Waals surface area contributed by atoms with E-state index in [9.17, 15) is 9.18 Å². The van der Waals surface area contributed by atoms with Crippen LogP contribution < -0.4 is 10.6 Å². The number of anilines is 1. The highest BCUT2D eigenvalue weighted by Crippen LogP contribution is 2.26. The number of halogens is 3. The molecule has 7 heteroatoms. The van der Waals surface area contributed by atoms with Crippen molar-refractivity contribution in [2.24, 2.45) is 0 Å². The summed E-state index contributed by atoms with van der Waals surface area (Å²) in [4.78, 5) is 12.8. The molecule has 2 aromatic rings. The molecule has 1 atom stereocenters. The maximum atomic E-state index is 13.0. The van der Waals surface area contributed by atoms with Gasteiger partial charge in [-0.05, 0) is 37.3 Å². The van der Waals surface area contributed by atoms with Crippen molar-refractivity contribution in [3.63, 3.8) is 0 Å². The van der Waals surface area contributed by atoms with Gasteiger partial charge in [-0.2, -0.15) is 0 Å². The molecule has 0 aliphatic carbocycles. The van der Waals surface area contributed by atoms with Crippen molar-refractivity contribution in [1.82, 2.24) is 5.32 Å². The Labute approximate surface area is 129 Å². The number of thiophene rings is 1. The first-order valence-corrected chi connectivity index (χ1v) is 7.31. The number of carbonyl (C=O) groups excluding carboxylic acids is 1. The maximum absolute atomic E-state index is 13.0. The Morgan fingerprint density at radius 2 is 2.05 bits per heavy atom. The van der Waals surface area contributed by atoms with Crippen molar-refractivity contribution in [3.05, 3.63) is 50.4 Å². The van der Waals surface area contributed by atoms with Crippen LogP contribution in [0.5, 0.6) is 0 Å². The zero-order valence-electron chi connectivity index (χ0n) is 10.4. The lowest BCUT2D eigenvalue weighted by Gasteiger charge is -2.13. The van der Waals surface area contributed by atoms with Crippen molar-refractivity contribution >= 4 is 46.3 Å². The molecule has 2 rings (SSSR count). The van der Waals surface area contributed by atoms with Gasteiger partial charge in [0, 0.05) is 10.6 Å². The van der Waals surface area contributed by atoms with E-state index in [-0.39, 0.29) is 11.1 Å². The number of nitrogens with one attached hydrogen (secondary N) is 2. The van der Waals surface area contributed by atoms with E-state index in [2.05, 4.69) is 10.6 Å². The standard InChI is InChI=1S/C13H11Cl2FN2OS/c1-7(11-4-5-12(15)20-11)17-13(19)18-8-2-3-10(16)9(14)6-8/h2-7H,1H3,(H2,17,18,19). The Morgan fingerprint density at radius 3 is 2.65 bits per heavy atom. The van der Waals surface area contributed by atoms with Gasteiger partial charge >= 0.3 is 6.03 Å². The summed E-state index contributed by atoms with van der Waals surface area (Å²) in [5.74, 6) is -0.528. The number of carbonyl (C=O) groups is 1. The highest BCUT2D eigenvalue weighted by molar-refractivity contribution is 7.16. The molecule has 0 aliphatic heterocycles. The Bertz CT molecular complexity index is 633. The summed E-state index contributed by atoms with van der Waals surface area (Å²) in [6.07, 6.45) is 0. The quantitative estimate of drug-likeness (QED) is 0.808. The molecule has 0 radical (unpaired) electrons. The van der Waals surface area contributed by atoms with E-state index in [4.69, 9.17) is 23.2 Å². The summed E-state index contributed by atoms with van der Waals surface area (Å²) in [6, 6.07) is 7.04. The molecule has 0 saturated heterocycles. The summed E-state index contributed by atoms with van der Waals surface area (Å²) in [7, 11) is 0. The highest BCUT2D eigenvalue weighted by Gasteiger charge is 2.12. The maximum Gasteiger partial charge on any atom is 0.319 e. The minimum atomic E-state index is -0.528. The van der Waals surface area contributed by atoms with E-state index in [1.165, 1.54) is 29.5 Å². The lowest BCUT2D eigenvalue weighted by atomic mass is 10.3. The van der Waals surface area contributed by atoms with Gasteiger partial charge < -0.3 is 10.6 Å². The van der Waals surface area contributed by atoms with Gasteiger partial charge in [0.1, 0.15) is 5.82 Å². The highest BCUT2D eigenvalue weighted by atomic mass is 35.5. The average molecular weight is 333 g/mol. The Hall–Kier alpha value is -1.30. The molecular weight excluding hydrogens is 322 g/mol. The van der Waals surface area contributed by atoms with Crippen molar-refractivity contribution < 1.29 is 9.18 Å². The molecule has 3 nitrogen and oxygen atoms in total. The van der Waals surface area contributed by atoms with Crippen LogP contribution >= 0.6 is 34.5 Å². The average Bonchev–Trinajstić information content (AvgIpc) is 2.80. The first-order chi connectivity index (χ1) is 9.45. The van der Waals surface area contributed by atoms with Crippen LogP contribution in [0.3, 0.4) is 0 Å². The van der Waals surface area contributed by atoms with Gasteiger partial charge in [-0.25, -0.2) is 9.18 Å². The van der Waals surface area contributed by atoms with E-state index in [1.54, 1.807) is 6.07 Å². The molecule has 0 aliphatic rings. The first-order valence-electron chi connectivity index (χ1n) is 5.73. The molecule has 1 aromatic carbocycles. The van der Waals surface area contributed by atoms with E-state index in [1.807, 2.05) is 13.0 Å². The SMILES string of the molecule is CC(NC(=O)Nc1ccc(F)c(Cl)c1)c1ccc(Cl)s1. The molecule has 0 saturated carbocycles. The second-order valence-electron chi connectivity index (χ2n) is 4.09. The van der Waals surface area contributed by atoms with Crippen LogP contribution in [-0.4, -0.2) is 6.03 Å². The molecule has 0 spiro atoms. The first kappa shape index (κ1) is 15.1. The molecular formula is C13H11Cl2FN2OS. The Kier molecular flexibility index (Phi) is 4.86. The normalized spacial score (nSPS) is 12.0. The van der Waals surface area contributed by atoms with E-state index >= 15 is 0 Å². The Balaban J connectivity index is 1.96. The predicted octanol–water partition coefficient (Wildman–Crippen LogP) is 5.08. The van der Waals surface area contributed by atoms with Crippen molar-refractivity contribution in [2.45, 2.75) is 13.0 Å². The van der Waals surface area contributed by atoms with Crippen LogP contribution in [0.4, 0.5) is 14.9 Å². The molecule has 1 aromatic heterocycles. The minimum absolute atomic E-state index is 0.0408. The molecule has 2 amide bonds. The third-order valence-corrected chi connectivity index (χ3v) is 4.25. The van der Waals surface area contributed by atoms with Crippen molar-refractivity contribution in [1.29, 1.82) is 0 Å². The number of rotatable bonds is 3. The molecule has 20 heavy (non-hydrogen) atoms. The number of benzene rings is 1. The van der Waals surface area contributed by atoms with Gasteiger partial charge in [0.25, 0.3) is 0 Å².